The van der Waals surface area contributed by atoms with Crippen molar-refractivity contribution in [3.05, 3.63) is 60.8 Å². The number of aliphatic hydroxyl groups is 2. The quantitative estimate of drug-likeness (QED) is 0.0320. The van der Waals surface area contributed by atoms with Gasteiger partial charge in [0, 0.05) is 12.8 Å². The fraction of sp³-hybridized carbons (Fsp3) is 0.840. The Bertz CT molecular complexity index is 1400. The van der Waals surface area contributed by atoms with E-state index in [-0.39, 0.29) is 18.5 Å². The third kappa shape index (κ3) is 66.6. The molecule has 474 valence electrons. The molecule has 6 heteroatoms. The predicted octanol–water partition coefficient (Wildman–Crippen LogP) is 23.4. The predicted molar refractivity (Wildman–Crippen MR) is 356 cm³/mol. The van der Waals surface area contributed by atoms with Crippen molar-refractivity contribution in [3.8, 4) is 0 Å². The van der Waals surface area contributed by atoms with Crippen LogP contribution in [0.2, 0.25) is 0 Å². The van der Waals surface area contributed by atoms with Crippen molar-refractivity contribution in [1.29, 1.82) is 0 Å². The van der Waals surface area contributed by atoms with E-state index in [1.54, 1.807) is 6.08 Å². The average Bonchev–Trinajstić information content (AvgIpc) is 3.47. The molecule has 0 aliphatic heterocycles. The Morgan fingerprint density at radius 1 is 0.346 bits per heavy atom. The second-order valence-electron chi connectivity index (χ2n) is 24.6. The van der Waals surface area contributed by atoms with Gasteiger partial charge in [-0.05, 0) is 96.3 Å². The van der Waals surface area contributed by atoms with Gasteiger partial charge in [-0.1, -0.05) is 331 Å². The van der Waals surface area contributed by atoms with Crippen molar-refractivity contribution in [2.75, 3.05) is 13.2 Å². The van der Waals surface area contributed by atoms with Crippen LogP contribution in [0.5, 0.6) is 0 Å². The van der Waals surface area contributed by atoms with E-state index in [2.05, 4.69) is 67.8 Å². The molecule has 2 unspecified atom stereocenters. The van der Waals surface area contributed by atoms with Crippen LogP contribution in [0.15, 0.2) is 60.8 Å². The highest BCUT2D eigenvalue weighted by atomic mass is 16.5. The monoisotopic (exact) mass is 1130 g/mol. The van der Waals surface area contributed by atoms with E-state index in [9.17, 15) is 19.8 Å². The Morgan fingerprint density at radius 2 is 0.617 bits per heavy atom. The van der Waals surface area contributed by atoms with Gasteiger partial charge < -0.3 is 20.3 Å². The summed E-state index contributed by atoms with van der Waals surface area (Å²) in [4.78, 5) is 24.6. The molecule has 0 aromatic rings. The van der Waals surface area contributed by atoms with Crippen LogP contribution in [0.3, 0.4) is 0 Å². The van der Waals surface area contributed by atoms with E-state index < -0.39 is 12.1 Å². The second kappa shape index (κ2) is 70.0. The number of hydrogen-bond acceptors (Lipinski definition) is 5. The normalized spacial score (nSPS) is 12.9. The summed E-state index contributed by atoms with van der Waals surface area (Å²) >= 11 is 0. The van der Waals surface area contributed by atoms with E-state index in [1.165, 1.54) is 295 Å². The Kier molecular flexibility index (Phi) is 67.9. The Labute approximate surface area is 505 Å². The highest BCUT2D eigenvalue weighted by Gasteiger charge is 2.18. The van der Waals surface area contributed by atoms with E-state index in [4.69, 9.17) is 4.74 Å². The minimum Gasteiger partial charge on any atom is -0.466 e. The van der Waals surface area contributed by atoms with Crippen LogP contribution < -0.4 is 5.32 Å². The molecule has 0 aromatic carbocycles. The lowest BCUT2D eigenvalue weighted by Gasteiger charge is -2.20. The lowest BCUT2D eigenvalue weighted by atomic mass is 10.0. The Hall–Kier alpha value is -2.44. The number of esters is 1. The largest absolute Gasteiger partial charge is 0.466 e. The maximum Gasteiger partial charge on any atom is 0.305 e. The van der Waals surface area contributed by atoms with Crippen molar-refractivity contribution in [2.45, 2.75) is 392 Å². The number of aliphatic hydroxyl groups excluding tert-OH is 2. The standard InChI is InChI=1S/C75H139NO5/c1-3-5-7-9-11-13-15-17-19-21-22-30-33-36-39-43-47-51-55-59-63-67-73(78)72(71-77)76-74(79)68-64-60-56-52-48-44-40-37-34-31-28-26-24-23-25-27-29-32-35-38-42-46-50-54-58-62-66-70-81-75(80)69-65-61-57-53-49-45-41-20-18-16-14-12-10-8-6-4-2/h14,16,20,23-24,27,29,41,63,67,72-73,77-78H,3-13,15,17-19,21-22,25-26,28,30-40,42-62,64-66,68-71H2,1-2H3,(H,76,79)/b16-14-,24-23-,29-27-,41-20-,67-63+. The van der Waals surface area contributed by atoms with E-state index in [0.717, 1.165) is 57.8 Å². The van der Waals surface area contributed by atoms with Crippen LogP contribution in [0, 0.1) is 0 Å². The molecular weight excluding hydrogens is 995 g/mol. The smallest absolute Gasteiger partial charge is 0.305 e. The molecular formula is C75H139NO5. The van der Waals surface area contributed by atoms with Crippen molar-refractivity contribution in [1.82, 2.24) is 5.32 Å². The summed E-state index contributed by atoms with van der Waals surface area (Å²) in [6, 6.07) is -0.633. The molecule has 2 atom stereocenters. The van der Waals surface area contributed by atoms with Gasteiger partial charge in [0.05, 0.1) is 25.4 Å². The minimum absolute atomic E-state index is 0.00327. The lowest BCUT2D eigenvalue weighted by Crippen LogP contribution is -2.45. The molecule has 0 aliphatic rings. The van der Waals surface area contributed by atoms with E-state index >= 15 is 0 Å². The summed E-state index contributed by atoms with van der Waals surface area (Å²) < 4.78 is 5.48. The highest BCUT2D eigenvalue weighted by Crippen LogP contribution is 2.18. The molecule has 81 heavy (non-hydrogen) atoms. The van der Waals surface area contributed by atoms with Crippen molar-refractivity contribution < 1.29 is 24.5 Å². The first-order valence-electron chi connectivity index (χ1n) is 36.1. The number of carbonyl (C=O) groups is 2. The van der Waals surface area contributed by atoms with Crippen LogP contribution in [-0.4, -0.2) is 47.4 Å². The van der Waals surface area contributed by atoms with Crippen LogP contribution in [0.25, 0.3) is 0 Å². The molecule has 0 aliphatic carbocycles. The number of hydrogen-bond donors (Lipinski definition) is 3. The minimum atomic E-state index is -0.849. The van der Waals surface area contributed by atoms with Gasteiger partial charge >= 0.3 is 5.97 Å². The number of carbonyl (C=O) groups excluding carboxylic acids is 2. The zero-order chi connectivity index (χ0) is 58.5. The summed E-state index contributed by atoms with van der Waals surface area (Å²) in [6.07, 6.45) is 93.0. The van der Waals surface area contributed by atoms with E-state index in [1.807, 2.05) is 6.08 Å². The summed E-state index contributed by atoms with van der Waals surface area (Å²) in [5.74, 6) is -0.0718. The molecule has 0 rings (SSSR count). The highest BCUT2D eigenvalue weighted by molar-refractivity contribution is 5.76. The summed E-state index contributed by atoms with van der Waals surface area (Å²) in [7, 11) is 0. The fourth-order valence-corrected chi connectivity index (χ4v) is 11.0. The number of unbranched alkanes of at least 4 members (excludes halogenated alkanes) is 48. The van der Waals surface area contributed by atoms with Crippen LogP contribution in [0.4, 0.5) is 0 Å². The first-order chi connectivity index (χ1) is 40.0. The summed E-state index contributed by atoms with van der Waals surface area (Å²) in [6.45, 7) is 4.90. The number of amides is 1. The van der Waals surface area contributed by atoms with Crippen molar-refractivity contribution in [3.63, 3.8) is 0 Å². The van der Waals surface area contributed by atoms with Crippen molar-refractivity contribution in [2.24, 2.45) is 0 Å². The molecule has 0 spiro atoms. The number of nitrogens with one attached hydrogen (secondary N) is 1. The van der Waals surface area contributed by atoms with Gasteiger partial charge in [0.2, 0.25) is 5.91 Å². The Balaban J connectivity index is 3.45. The molecule has 0 saturated heterocycles. The van der Waals surface area contributed by atoms with E-state index in [0.29, 0.717) is 19.4 Å². The molecule has 0 heterocycles. The third-order valence-corrected chi connectivity index (χ3v) is 16.5. The first-order valence-corrected chi connectivity index (χ1v) is 36.1. The molecule has 0 bridgehead atoms. The molecule has 1 amide bonds. The number of rotatable bonds is 67. The molecule has 3 N–H and O–H groups in total. The Morgan fingerprint density at radius 3 is 0.951 bits per heavy atom. The zero-order valence-electron chi connectivity index (χ0n) is 54.3. The molecule has 0 aromatic heterocycles. The number of ether oxygens (including phenoxy) is 1. The number of allylic oxidation sites excluding steroid dienone is 9. The van der Waals surface area contributed by atoms with Gasteiger partial charge in [-0.3, -0.25) is 9.59 Å². The third-order valence-electron chi connectivity index (χ3n) is 16.5. The second-order valence-corrected chi connectivity index (χ2v) is 24.6. The molecule has 0 radical (unpaired) electrons. The maximum atomic E-state index is 12.5. The topological polar surface area (TPSA) is 95.9 Å². The van der Waals surface area contributed by atoms with Gasteiger partial charge in [-0.15, -0.1) is 0 Å². The van der Waals surface area contributed by atoms with Gasteiger partial charge in [-0.2, -0.15) is 0 Å². The molecule has 0 fully saturated rings. The van der Waals surface area contributed by atoms with Gasteiger partial charge in [0.25, 0.3) is 0 Å². The van der Waals surface area contributed by atoms with Gasteiger partial charge in [-0.25, -0.2) is 0 Å². The lowest BCUT2D eigenvalue weighted by molar-refractivity contribution is -0.143. The first kappa shape index (κ1) is 78.6. The fourth-order valence-electron chi connectivity index (χ4n) is 11.0. The van der Waals surface area contributed by atoms with Crippen LogP contribution >= 0.6 is 0 Å². The molecule has 0 saturated carbocycles. The van der Waals surface area contributed by atoms with Gasteiger partial charge in [0.15, 0.2) is 0 Å². The maximum absolute atomic E-state index is 12.5. The average molecular weight is 1130 g/mol. The van der Waals surface area contributed by atoms with Crippen LogP contribution in [-0.2, 0) is 14.3 Å². The summed E-state index contributed by atoms with van der Waals surface area (Å²) in [5.41, 5.74) is 0. The summed E-state index contributed by atoms with van der Waals surface area (Å²) in [5, 5.41) is 23.3. The molecule has 6 nitrogen and oxygen atoms in total. The van der Waals surface area contributed by atoms with Crippen molar-refractivity contribution >= 4 is 11.9 Å². The van der Waals surface area contributed by atoms with Gasteiger partial charge in [0.1, 0.15) is 0 Å². The SMILES string of the molecule is CCCCCC/C=C\C/C=C\CCCCCCCC(=O)OCCCCCCCCCCC/C=C\C/C=C\CCCCCCCCCCCCCC(=O)NC(CO)C(O)/C=C/CCCCCCCCCCCCCCCCCCCCC. The zero-order valence-corrected chi connectivity index (χ0v) is 54.3. The van der Waals surface area contributed by atoms with Crippen LogP contribution in [0.1, 0.15) is 380 Å².